The van der Waals surface area contributed by atoms with Crippen LogP contribution in [0, 0.1) is 0 Å². The molecule has 8 nitrogen and oxygen atoms in total. The van der Waals surface area contributed by atoms with Crippen molar-refractivity contribution in [2.75, 3.05) is 19.8 Å². The van der Waals surface area contributed by atoms with E-state index in [1.54, 1.807) is 6.08 Å². The van der Waals surface area contributed by atoms with Crippen molar-refractivity contribution in [1.29, 1.82) is 0 Å². The van der Waals surface area contributed by atoms with Crippen LogP contribution in [0.25, 0.3) is 0 Å². The van der Waals surface area contributed by atoms with Crippen LogP contribution in [0.2, 0.25) is 0 Å². The number of amides is 1. The van der Waals surface area contributed by atoms with Crippen molar-refractivity contribution in [3.8, 4) is 0 Å². The number of allylic oxidation sites excluding steroid dienone is 5. The number of hydrogen-bond donors (Lipinski definition) is 4. The maximum absolute atomic E-state index is 12.8. The Morgan fingerprint density at radius 1 is 0.593 bits per heavy atom. The molecule has 0 bridgehead atoms. The largest absolute Gasteiger partial charge is 0.472 e. The molecule has 0 aromatic carbocycles. The number of unbranched alkanes of at least 4 members (excludes halogenated alkanes) is 26. The van der Waals surface area contributed by atoms with Gasteiger partial charge in [0.2, 0.25) is 5.91 Å². The summed E-state index contributed by atoms with van der Waals surface area (Å²) in [5, 5.41) is 13.7. The molecule has 318 valence electrons. The van der Waals surface area contributed by atoms with E-state index < -0.39 is 20.0 Å². The van der Waals surface area contributed by atoms with Gasteiger partial charge < -0.3 is 21.1 Å². The lowest BCUT2D eigenvalue weighted by Crippen LogP contribution is -2.45. The highest BCUT2D eigenvalue weighted by atomic mass is 31.2. The summed E-state index contributed by atoms with van der Waals surface area (Å²) in [7, 11) is -4.35. The average molecular weight is 783 g/mol. The Labute approximate surface area is 333 Å². The van der Waals surface area contributed by atoms with Gasteiger partial charge >= 0.3 is 7.82 Å². The summed E-state index contributed by atoms with van der Waals surface area (Å²) in [5.74, 6) is -0.208. The molecule has 54 heavy (non-hydrogen) atoms. The van der Waals surface area contributed by atoms with Crippen LogP contribution in [0.15, 0.2) is 36.5 Å². The Balaban J connectivity index is 4.25. The number of nitrogens with one attached hydrogen (secondary N) is 1. The van der Waals surface area contributed by atoms with Crippen LogP contribution in [0.5, 0.6) is 0 Å². The van der Waals surface area contributed by atoms with Gasteiger partial charge in [0.1, 0.15) is 0 Å². The minimum absolute atomic E-state index is 0.0734. The molecule has 0 radical (unpaired) electrons. The first-order valence-corrected chi connectivity index (χ1v) is 24.1. The Bertz CT molecular complexity index is 943. The van der Waals surface area contributed by atoms with Crippen molar-refractivity contribution in [2.45, 2.75) is 225 Å². The smallest absolute Gasteiger partial charge is 0.387 e. The molecule has 3 atom stereocenters. The lowest BCUT2D eigenvalue weighted by Gasteiger charge is -2.23. The van der Waals surface area contributed by atoms with Crippen LogP contribution in [0.1, 0.15) is 213 Å². The summed E-state index contributed by atoms with van der Waals surface area (Å²) < 4.78 is 22.1. The molecule has 0 saturated heterocycles. The fourth-order valence-electron chi connectivity index (χ4n) is 6.50. The quantitative estimate of drug-likeness (QED) is 0.0275. The van der Waals surface area contributed by atoms with E-state index in [9.17, 15) is 19.4 Å². The zero-order chi connectivity index (χ0) is 39.6. The highest BCUT2D eigenvalue weighted by molar-refractivity contribution is 7.47. The van der Waals surface area contributed by atoms with Gasteiger partial charge in [-0.2, -0.15) is 0 Å². The molecular formula is C45H87N2O6P. The Hall–Kier alpha value is -1.28. The number of rotatable bonds is 42. The van der Waals surface area contributed by atoms with E-state index >= 15 is 0 Å². The van der Waals surface area contributed by atoms with Crippen molar-refractivity contribution in [2.24, 2.45) is 5.73 Å². The molecule has 0 aromatic rings. The van der Waals surface area contributed by atoms with Gasteiger partial charge in [0, 0.05) is 13.0 Å². The van der Waals surface area contributed by atoms with E-state index in [-0.39, 0.29) is 25.7 Å². The number of carbonyl (C=O) groups is 1. The molecule has 0 spiro atoms. The summed E-state index contributed by atoms with van der Waals surface area (Å²) in [5.41, 5.74) is 5.37. The first-order valence-electron chi connectivity index (χ1n) is 22.6. The zero-order valence-electron chi connectivity index (χ0n) is 35.2. The molecule has 0 rings (SSSR count). The lowest BCUT2D eigenvalue weighted by molar-refractivity contribution is -0.123. The molecule has 0 heterocycles. The number of hydrogen-bond acceptors (Lipinski definition) is 6. The Morgan fingerprint density at radius 2 is 0.981 bits per heavy atom. The van der Waals surface area contributed by atoms with Crippen LogP contribution in [-0.4, -0.2) is 47.8 Å². The molecule has 0 aliphatic carbocycles. The van der Waals surface area contributed by atoms with Crippen LogP contribution in [-0.2, 0) is 18.4 Å². The van der Waals surface area contributed by atoms with E-state index in [4.69, 9.17) is 14.8 Å². The van der Waals surface area contributed by atoms with Crippen LogP contribution in [0.3, 0.4) is 0 Å². The fraction of sp³-hybridized carbons (Fsp3) is 0.844. The van der Waals surface area contributed by atoms with Crippen LogP contribution in [0.4, 0.5) is 0 Å². The molecule has 0 aliphatic heterocycles. The standard InChI is InChI=1S/C45H87N2O6P/c1-3-5-7-9-11-13-15-17-19-21-23-24-26-28-30-32-34-36-38-44(48)43(42-53-54(50,51)52-41-40-46)47-45(49)39-37-35-33-31-29-27-25-22-20-18-16-14-12-10-8-6-4-2/h18,20,28,30,36,38,43-44,48H,3-17,19,21-27,29,31-35,37,39-42,46H2,1-2H3,(H,47,49)(H,50,51)/b20-18-,30-28+,38-36+. The molecule has 3 unspecified atom stereocenters. The van der Waals surface area contributed by atoms with Crippen molar-refractivity contribution < 1.29 is 28.4 Å². The zero-order valence-corrected chi connectivity index (χ0v) is 36.1. The molecule has 5 N–H and O–H groups in total. The number of phosphoric acid groups is 1. The van der Waals surface area contributed by atoms with Crippen molar-refractivity contribution in [1.82, 2.24) is 5.32 Å². The second-order valence-electron chi connectivity index (χ2n) is 15.2. The maximum atomic E-state index is 12.8. The van der Waals surface area contributed by atoms with E-state index in [0.29, 0.717) is 6.42 Å². The predicted octanol–water partition coefficient (Wildman–Crippen LogP) is 12.7. The summed E-state index contributed by atoms with van der Waals surface area (Å²) in [6.45, 7) is 4.12. The summed E-state index contributed by atoms with van der Waals surface area (Å²) in [4.78, 5) is 22.7. The molecule has 0 saturated carbocycles. The highest BCUT2D eigenvalue weighted by Crippen LogP contribution is 2.43. The third-order valence-corrected chi connectivity index (χ3v) is 10.9. The molecule has 0 aromatic heterocycles. The number of nitrogens with two attached hydrogens (primary N) is 1. The lowest BCUT2D eigenvalue weighted by atomic mass is 10.0. The van der Waals surface area contributed by atoms with E-state index in [2.05, 4.69) is 43.5 Å². The maximum Gasteiger partial charge on any atom is 0.472 e. The fourth-order valence-corrected chi connectivity index (χ4v) is 7.26. The second-order valence-corrected chi connectivity index (χ2v) is 16.7. The first-order chi connectivity index (χ1) is 26.4. The van der Waals surface area contributed by atoms with Crippen molar-refractivity contribution >= 4 is 13.7 Å². The van der Waals surface area contributed by atoms with Gasteiger partial charge in [-0.1, -0.05) is 185 Å². The van der Waals surface area contributed by atoms with Gasteiger partial charge in [-0.05, 0) is 57.8 Å². The number of aliphatic hydroxyl groups excluding tert-OH is 1. The van der Waals surface area contributed by atoms with Gasteiger partial charge in [0.05, 0.1) is 25.4 Å². The van der Waals surface area contributed by atoms with E-state index in [1.807, 2.05) is 6.08 Å². The Kier molecular flexibility index (Phi) is 40.4. The third kappa shape index (κ3) is 39.0. The van der Waals surface area contributed by atoms with E-state index in [1.165, 1.54) is 154 Å². The monoisotopic (exact) mass is 783 g/mol. The predicted molar refractivity (Wildman–Crippen MR) is 231 cm³/mol. The molecule has 0 fully saturated rings. The number of phosphoric ester groups is 1. The molecule has 1 amide bonds. The van der Waals surface area contributed by atoms with Gasteiger partial charge in [0.25, 0.3) is 0 Å². The highest BCUT2D eigenvalue weighted by Gasteiger charge is 2.26. The van der Waals surface area contributed by atoms with Crippen molar-refractivity contribution in [3.63, 3.8) is 0 Å². The second kappa shape index (κ2) is 41.4. The summed E-state index contributed by atoms with van der Waals surface area (Å²) in [6.07, 6.45) is 49.1. The minimum Gasteiger partial charge on any atom is -0.387 e. The SMILES string of the molecule is CCCCCCCC/C=C\CCCCCCCCCC(=O)NC(COP(=O)(O)OCCN)C(O)/C=C/CC/C=C/CCCCCCCCCCCCCC. The third-order valence-electron chi connectivity index (χ3n) is 9.94. The average Bonchev–Trinajstić information content (AvgIpc) is 3.16. The minimum atomic E-state index is -4.35. The van der Waals surface area contributed by atoms with Crippen LogP contribution < -0.4 is 11.1 Å². The normalized spacial score (nSPS) is 14.4. The number of aliphatic hydroxyl groups is 1. The molecule has 9 heteroatoms. The van der Waals surface area contributed by atoms with Gasteiger partial charge in [0.15, 0.2) is 0 Å². The molecular weight excluding hydrogens is 695 g/mol. The first kappa shape index (κ1) is 52.7. The van der Waals surface area contributed by atoms with E-state index in [0.717, 1.165) is 38.5 Å². The van der Waals surface area contributed by atoms with Crippen LogP contribution >= 0.6 is 7.82 Å². The van der Waals surface area contributed by atoms with Gasteiger partial charge in [-0.15, -0.1) is 0 Å². The van der Waals surface area contributed by atoms with Crippen molar-refractivity contribution in [3.05, 3.63) is 36.5 Å². The molecule has 0 aliphatic rings. The topological polar surface area (TPSA) is 131 Å². The summed E-state index contributed by atoms with van der Waals surface area (Å²) >= 11 is 0. The Morgan fingerprint density at radius 3 is 1.43 bits per heavy atom. The van der Waals surface area contributed by atoms with Gasteiger partial charge in [-0.25, -0.2) is 4.57 Å². The number of carbonyl (C=O) groups excluding carboxylic acids is 1. The van der Waals surface area contributed by atoms with Gasteiger partial charge in [-0.3, -0.25) is 13.8 Å². The summed E-state index contributed by atoms with van der Waals surface area (Å²) in [6, 6.07) is -0.878.